The van der Waals surface area contributed by atoms with E-state index in [1.165, 1.54) is 21.6 Å². The summed E-state index contributed by atoms with van der Waals surface area (Å²) in [6, 6.07) is -0.824. The molecule has 3 aliphatic rings. The molecule has 3 saturated heterocycles. The average molecular weight is 557 g/mol. The zero-order chi connectivity index (χ0) is 24.5. The van der Waals surface area contributed by atoms with Gasteiger partial charge in [0.15, 0.2) is 0 Å². The Labute approximate surface area is 213 Å². The van der Waals surface area contributed by atoms with Gasteiger partial charge in [-0.3, -0.25) is 14.5 Å². The molecule has 3 aliphatic heterocycles. The van der Waals surface area contributed by atoms with Crippen LogP contribution in [-0.4, -0.2) is 98.1 Å². The lowest BCUT2D eigenvalue weighted by Gasteiger charge is -2.22. The van der Waals surface area contributed by atoms with Crippen LogP contribution in [-0.2, 0) is 23.8 Å². The minimum Gasteiger partial charge on any atom is -0.480 e. The van der Waals surface area contributed by atoms with E-state index >= 15 is 0 Å². The highest BCUT2D eigenvalue weighted by Crippen LogP contribution is 2.33. The highest BCUT2D eigenvalue weighted by molar-refractivity contribution is 8.76. The molecule has 5 N–H and O–H groups in total. The molecule has 3 heterocycles. The Hall–Kier alpha value is -0.880. The maximum Gasteiger partial charge on any atom is 0.327 e. The number of hydrogen-bond donors (Lipinski definition) is 5. The fraction of sp³-hybridized carbons (Fsp3) is 0.778. The van der Waals surface area contributed by atoms with Gasteiger partial charge < -0.3 is 21.1 Å². The smallest absolute Gasteiger partial charge is 0.327 e. The number of urea groups is 1. The van der Waals surface area contributed by atoms with E-state index < -0.39 is 29.1 Å². The molecule has 0 bridgehead atoms. The van der Waals surface area contributed by atoms with Crippen LogP contribution in [0.3, 0.4) is 0 Å². The molecule has 3 fully saturated rings. The lowest BCUT2D eigenvalue weighted by molar-refractivity contribution is -0.432. The van der Waals surface area contributed by atoms with Crippen LogP contribution in [0.1, 0.15) is 25.7 Å². The van der Waals surface area contributed by atoms with Gasteiger partial charge in [-0.25, -0.2) is 14.8 Å². The Bertz CT molecular complexity index is 751. The summed E-state index contributed by atoms with van der Waals surface area (Å²) >= 11 is 2.38. The molecule has 5 atom stereocenters. The zero-order valence-electron chi connectivity index (χ0n) is 18.2. The van der Waals surface area contributed by atoms with E-state index in [2.05, 4.69) is 25.3 Å². The van der Waals surface area contributed by atoms with Crippen LogP contribution in [0.25, 0.3) is 0 Å². The number of nitrogens with one attached hydrogen (secondary N) is 3. The number of hydrogen-bond acceptors (Lipinski definition) is 12. The largest absolute Gasteiger partial charge is 0.480 e. The van der Waals surface area contributed by atoms with Crippen LogP contribution in [0.2, 0.25) is 0 Å². The number of nitrogens with zero attached hydrogens (tertiary/aromatic N) is 1. The van der Waals surface area contributed by atoms with Crippen molar-refractivity contribution in [2.75, 3.05) is 30.3 Å². The third-order valence-electron chi connectivity index (χ3n) is 5.63. The van der Waals surface area contributed by atoms with E-state index in [-0.39, 0.29) is 30.3 Å². The first-order chi connectivity index (χ1) is 16.4. The highest BCUT2D eigenvalue weighted by atomic mass is 33.1. The summed E-state index contributed by atoms with van der Waals surface area (Å²) in [5.41, 5.74) is 0. The number of carboxylic acid groups (broad SMARTS) is 1. The second-order valence-electron chi connectivity index (χ2n) is 7.86. The molecule has 0 aromatic heterocycles. The van der Waals surface area contributed by atoms with Crippen LogP contribution in [0.4, 0.5) is 4.79 Å². The standard InChI is InChI=1S/C18H28N4O8S4/c23-14-7-13(34-30-29-28)16(24)22(14)11(17(25)26)9-33-32-6-5-19-4-2-1-3-12-15-10(8-31-12)20-18(27)21-15/h10-13,15,19,28H,1-9H2,(H,25,26)(H2,20,21,27)/t10-,11?,12?,13?,15-/m0/s1. The van der Waals surface area contributed by atoms with Gasteiger partial charge in [0.2, 0.25) is 11.8 Å². The van der Waals surface area contributed by atoms with Gasteiger partial charge in [0, 0.05) is 41.1 Å². The van der Waals surface area contributed by atoms with Crippen molar-refractivity contribution in [3.05, 3.63) is 0 Å². The number of thioether (sulfide) groups is 1. The Morgan fingerprint density at radius 2 is 2.06 bits per heavy atom. The third kappa shape index (κ3) is 7.56. The van der Waals surface area contributed by atoms with E-state index in [4.69, 9.17) is 5.26 Å². The SMILES string of the molecule is O=C1N[C@H]2CSC(CCCCNCCSSCC(C(=O)O)N3C(=O)CC(SOOO)C3=O)[C@H]2N1. The quantitative estimate of drug-likeness (QED) is 0.0347. The van der Waals surface area contributed by atoms with Crippen LogP contribution in [0.15, 0.2) is 0 Å². The van der Waals surface area contributed by atoms with Gasteiger partial charge in [0.1, 0.15) is 11.3 Å². The van der Waals surface area contributed by atoms with Crippen molar-refractivity contribution in [2.45, 2.75) is 54.3 Å². The van der Waals surface area contributed by atoms with Crippen molar-refractivity contribution >= 4 is 69.2 Å². The number of carbonyl (C=O) groups excluding carboxylic acids is 3. The summed E-state index contributed by atoms with van der Waals surface area (Å²) in [5.74, 6) is -0.738. The van der Waals surface area contributed by atoms with E-state index in [0.717, 1.165) is 48.8 Å². The van der Waals surface area contributed by atoms with Crippen molar-refractivity contribution in [1.29, 1.82) is 0 Å². The van der Waals surface area contributed by atoms with E-state index in [9.17, 15) is 24.3 Å². The van der Waals surface area contributed by atoms with Crippen molar-refractivity contribution in [3.63, 3.8) is 0 Å². The second kappa shape index (κ2) is 14.0. The number of likely N-dealkylation sites (tertiary alicyclic amines) is 1. The van der Waals surface area contributed by atoms with Crippen molar-refractivity contribution in [1.82, 2.24) is 20.9 Å². The normalized spacial score (nSPS) is 27.1. The lowest BCUT2D eigenvalue weighted by atomic mass is 10.0. The Morgan fingerprint density at radius 1 is 1.24 bits per heavy atom. The molecule has 0 radical (unpaired) electrons. The molecule has 4 amide bonds. The van der Waals surface area contributed by atoms with Crippen LogP contribution in [0.5, 0.6) is 0 Å². The molecular weight excluding hydrogens is 528 g/mol. The van der Waals surface area contributed by atoms with Gasteiger partial charge in [-0.1, -0.05) is 33.0 Å². The van der Waals surface area contributed by atoms with Gasteiger partial charge in [0.05, 0.1) is 18.5 Å². The fourth-order valence-corrected chi connectivity index (χ4v) is 8.22. The minimum atomic E-state index is -1.26. The first kappa shape index (κ1) is 27.7. The summed E-state index contributed by atoms with van der Waals surface area (Å²) in [5, 5.41) is 30.0. The number of carbonyl (C=O) groups is 4. The highest BCUT2D eigenvalue weighted by Gasteiger charge is 2.46. The van der Waals surface area contributed by atoms with Gasteiger partial charge >= 0.3 is 12.0 Å². The van der Waals surface area contributed by atoms with Crippen LogP contribution >= 0.6 is 45.4 Å². The maximum absolute atomic E-state index is 12.3. The first-order valence-electron chi connectivity index (χ1n) is 10.8. The van der Waals surface area contributed by atoms with Gasteiger partial charge in [0.25, 0.3) is 0 Å². The molecule has 0 aliphatic carbocycles. The lowest BCUT2D eigenvalue weighted by Crippen LogP contribution is -2.47. The molecule has 3 unspecified atom stereocenters. The molecule has 12 nitrogen and oxygen atoms in total. The zero-order valence-corrected chi connectivity index (χ0v) is 21.4. The minimum absolute atomic E-state index is 0.0587. The topological polar surface area (TPSA) is 167 Å². The summed E-state index contributed by atoms with van der Waals surface area (Å²) in [6.07, 6.45) is 2.98. The predicted molar refractivity (Wildman–Crippen MR) is 131 cm³/mol. The summed E-state index contributed by atoms with van der Waals surface area (Å²) in [6.45, 7) is 1.64. The van der Waals surface area contributed by atoms with Crippen LogP contribution in [0, 0.1) is 0 Å². The second-order valence-corrected chi connectivity index (χ2v) is 12.7. The molecule has 0 aromatic carbocycles. The third-order valence-corrected chi connectivity index (χ3v) is 10.3. The molecule has 3 rings (SSSR count). The average Bonchev–Trinajstić information content (AvgIpc) is 3.43. The molecule has 34 heavy (non-hydrogen) atoms. The predicted octanol–water partition coefficient (Wildman–Crippen LogP) is 0.943. The molecule has 0 saturated carbocycles. The number of unbranched alkanes of at least 4 members (excludes halogenated alkanes) is 1. The Morgan fingerprint density at radius 3 is 2.82 bits per heavy atom. The number of rotatable bonds is 16. The Kier molecular flexibility index (Phi) is 11.4. The van der Waals surface area contributed by atoms with E-state index in [1.807, 2.05) is 11.8 Å². The number of aliphatic carboxylic acids is 1. The van der Waals surface area contributed by atoms with Crippen molar-refractivity contribution in [3.8, 4) is 0 Å². The van der Waals surface area contributed by atoms with Gasteiger partial charge in [-0.15, -0.1) is 4.33 Å². The number of imide groups is 1. The molecule has 192 valence electrons. The van der Waals surface area contributed by atoms with E-state index in [1.54, 1.807) is 0 Å². The maximum atomic E-state index is 12.3. The summed E-state index contributed by atoms with van der Waals surface area (Å²) in [7, 11) is 2.78. The summed E-state index contributed by atoms with van der Waals surface area (Å²) < 4.78 is 4.22. The molecular formula is C18H28N4O8S4. The summed E-state index contributed by atoms with van der Waals surface area (Å²) in [4.78, 5) is 48.3. The van der Waals surface area contributed by atoms with Crippen molar-refractivity contribution < 1.29 is 38.9 Å². The van der Waals surface area contributed by atoms with E-state index in [0.29, 0.717) is 17.3 Å². The monoisotopic (exact) mass is 556 g/mol. The molecule has 0 aromatic rings. The number of amides is 4. The molecule has 16 heteroatoms. The van der Waals surface area contributed by atoms with Gasteiger partial charge in [-0.05, 0) is 19.4 Å². The van der Waals surface area contributed by atoms with Crippen molar-refractivity contribution in [2.24, 2.45) is 0 Å². The Balaban J connectivity index is 1.23. The van der Waals surface area contributed by atoms with Gasteiger partial charge in [-0.2, -0.15) is 11.8 Å². The number of carboxylic acids is 1. The molecule has 0 spiro atoms. The fourth-order valence-electron chi connectivity index (χ4n) is 3.99. The number of fused-ring (bicyclic) bond motifs is 1. The van der Waals surface area contributed by atoms with Crippen LogP contribution < -0.4 is 16.0 Å². The first-order valence-corrected chi connectivity index (χ1v) is 15.1.